The Balaban J connectivity index is 1.92. The minimum absolute atomic E-state index is 0.139. The third-order valence-electron chi connectivity index (χ3n) is 3.67. The molecule has 1 saturated heterocycles. The monoisotopic (exact) mass is 354 g/mol. The minimum atomic E-state index is -1.35. The van der Waals surface area contributed by atoms with Gasteiger partial charge in [-0.15, -0.1) is 0 Å². The molecule has 19 heavy (non-hydrogen) atoms. The topological polar surface area (TPSA) is 0 Å². The van der Waals surface area contributed by atoms with Crippen LogP contribution in [0, 0.1) is 0 Å². The van der Waals surface area contributed by atoms with Gasteiger partial charge in [0.15, 0.2) is 0 Å². The SMILES string of the molecule is C[Se]1(C)[P@@](c2ccccc2)CC[P@]1c1ccccc1. The van der Waals surface area contributed by atoms with Gasteiger partial charge in [0.1, 0.15) is 0 Å². The number of rotatable bonds is 2. The summed E-state index contributed by atoms with van der Waals surface area (Å²) in [5, 5.41) is 3.31. The van der Waals surface area contributed by atoms with Crippen LogP contribution in [0.2, 0.25) is 11.6 Å². The van der Waals surface area contributed by atoms with E-state index in [2.05, 4.69) is 72.3 Å². The van der Waals surface area contributed by atoms with E-state index in [1.54, 1.807) is 10.6 Å². The Morgan fingerprint density at radius 1 is 0.684 bits per heavy atom. The standard InChI is InChI=1S/C16H20P2Se/c1-19(2)17(15-9-5-3-6-10-15)13-14-18(19)16-11-7-4-8-12-16/h3-12H,13-14H2,1-2H3/t17-,18-/m1/s1. The van der Waals surface area contributed by atoms with E-state index in [0.29, 0.717) is 0 Å². The third kappa shape index (κ3) is 2.68. The molecule has 2 aromatic carbocycles. The summed E-state index contributed by atoms with van der Waals surface area (Å²) in [4.78, 5) is 0. The Kier molecular flexibility index (Phi) is 4.11. The van der Waals surface area contributed by atoms with E-state index in [9.17, 15) is 0 Å². The van der Waals surface area contributed by atoms with E-state index in [1.165, 1.54) is 12.3 Å². The molecule has 0 amide bonds. The van der Waals surface area contributed by atoms with Crippen molar-refractivity contribution in [1.29, 1.82) is 0 Å². The van der Waals surface area contributed by atoms with Gasteiger partial charge in [0, 0.05) is 0 Å². The predicted molar refractivity (Wildman–Crippen MR) is 93.2 cm³/mol. The third-order valence-corrected chi connectivity index (χ3v) is 33.9. The summed E-state index contributed by atoms with van der Waals surface area (Å²) in [5.41, 5.74) is 0. The van der Waals surface area contributed by atoms with Crippen molar-refractivity contribution in [1.82, 2.24) is 0 Å². The molecule has 0 N–H and O–H groups in total. The van der Waals surface area contributed by atoms with Gasteiger partial charge in [-0.2, -0.15) is 0 Å². The zero-order chi connectivity index (χ0) is 13.3. The van der Waals surface area contributed by atoms with Crippen molar-refractivity contribution in [2.75, 3.05) is 12.3 Å². The van der Waals surface area contributed by atoms with Crippen LogP contribution in [0.1, 0.15) is 0 Å². The summed E-state index contributed by atoms with van der Waals surface area (Å²) in [6.07, 6.45) is 2.93. The first kappa shape index (κ1) is 13.8. The zero-order valence-electron chi connectivity index (χ0n) is 11.5. The summed E-state index contributed by atoms with van der Waals surface area (Å²) in [7, 11) is 0. The molecule has 3 rings (SSSR count). The quantitative estimate of drug-likeness (QED) is 0.557. The molecule has 100 valence electrons. The molecule has 3 heteroatoms. The van der Waals surface area contributed by atoms with Gasteiger partial charge in [-0.1, -0.05) is 0 Å². The Morgan fingerprint density at radius 3 is 1.42 bits per heavy atom. The molecule has 0 aliphatic carbocycles. The van der Waals surface area contributed by atoms with Crippen LogP contribution in [0.3, 0.4) is 0 Å². The number of hydrogen-bond donors (Lipinski definition) is 0. The van der Waals surface area contributed by atoms with Crippen molar-refractivity contribution in [2.24, 2.45) is 0 Å². The maximum absolute atomic E-state index is 2.65. The fraction of sp³-hybridized carbons (Fsp3) is 0.250. The van der Waals surface area contributed by atoms with Crippen LogP contribution in [0.4, 0.5) is 0 Å². The Hall–Kier alpha value is -0.181. The van der Waals surface area contributed by atoms with Gasteiger partial charge in [-0.05, 0) is 0 Å². The van der Waals surface area contributed by atoms with Crippen molar-refractivity contribution in [3.05, 3.63) is 60.7 Å². The van der Waals surface area contributed by atoms with Gasteiger partial charge in [0.05, 0.1) is 0 Å². The van der Waals surface area contributed by atoms with Crippen LogP contribution in [0.5, 0.6) is 0 Å². The average molecular weight is 353 g/mol. The number of benzene rings is 2. The van der Waals surface area contributed by atoms with Crippen LogP contribution < -0.4 is 10.6 Å². The van der Waals surface area contributed by atoms with Gasteiger partial charge in [-0.25, -0.2) is 0 Å². The second kappa shape index (κ2) is 5.67. The molecule has 0 aromatic heterocycles. The first-order valence-corrected chi connectivity index (χ1v) is 17.5. The predicted octanol–water partition coefficient (Wildman–Crippen LogP) is 4.32. The van der Waals surface area contributed by atoms with E-state index >= 15 is 0 Å². The van der Waals surface area contributed by atoms with Crippen molar-refractivity contribution >= 4 is 35.8 Å². The summed E-state index contributed by atoms with van der Waals surface area (Å²) in [6, 6.07) is 22.6. The second-order valence-electron chi connectivity index (χ2n) is 5.10. The van der Waals surface area contributed by atoms with E-state index in [4.69, 9.17) is 0 Å². The van der Waals surface area contributed by atoms with Crippen LogP contribution in [0.15, 0.2) is 60.7 Å². The fourth-order valence-corrected chi connectivity index (χ4v) is 35.3. The molecule has 1 aliphatic rings. The normalized spacial score (nSPS) is 27.1. The molecule has 1 aliphatic heterocycles. The van der Waals surface area contributed by atoms with Gasteiger partial charge in [0.25, 0.3) is 0 Å². The first-order chi connectivity index (χ1) is 9.19. The van der Waals surface area contributed by atoms with Crippen LogP contribution >= 0.6 is 13.2 Å². The first-order valence-electron chi connectivity index (χ1n) is 6.58. The molecule has 1 fully saturated rings. The van der Waals surface area contributed by atoms with Crippen LogP contribution in [-0.4, -0.2) is 24.3 Å². The van der Waals surface area contributed by atoms with E-state index in [0.717, 1.165) is 0 Å². The Labute approximate surface area is 120 Å². The molecule has 2 atom stereocenters. The molecule has 0 saturated carbocycles. The van der Waals surface area contributed by atoms with Crippen molar-refractivity contribution < 1.29 is 0 Å². The summed E-state index contributed by atoms with van der Waals surface area (Å²) < 4.78 is 0. The summed E-state index contributed by atoms with van der Waals surface area (Å²) in [5.74, 6) is 5.31. The zero-order valence-corrected chi connectivity index (χ0v) is 15.0. The fourth-order valence-electron chi connectivity index (χ4n) is 2.71. The van der Waals surface area contributed by atoms with Gasteiger partial charge >= 0.3 is 120 Å². The average Bonchev–Trinajstić information content (AvgIpc) is 2.76. The van der Waals surface area contributed by atoms with Gasteiger partial charge in [-0.3, -0.25) is 0 Å². The van der Waals surface area contributed by atoms with Crippen molar-refractivity contribution in [3.63, 3.8) is 0 Å². The van der Waals surface area contributed by atoms with Gasteiger partial charge in [0.2, 0.25) is 0 Å². The van der Waals surface area contributed by atoms with Crippen LogP contribution in [0.25, 0.3) is 0 Å². The van der Waals surface area contributed by atoms with Crippen LogP contribution in [-0.2, 0) is 0 Å². The molecule has 0 nitrogen and oxygen atoms in total. The molecule has 0 bridgehead atoms. The number of hydrogen-bond acceptors (Lipinski definition) is 0. The van der Waals surface area contributed by atoms with Gasteiger partial charge < -0.3 is 0 Å². The molecule has 0 radical (unpaired) electrons. The van der Waals surface area contributed by atoms with E-state index < -0.39 is 12.0 Å². The Morgan fingerprint density at radius 2 is 1.05 bits per heavy atom. The van der Waals surface area contributed by atoms with Crippen molar-refractivity contribution in [3.8, 4) is 0 Å². The maximum atomic E-state index is 2.65. The molecular weight excluding hydrogens is 333 g/mol. The second-order valence-corrected chi connectivity index (χ2v) is 30.2. The summed E-state index contributed by atoms with van der Waals surface area (Å²) >= 11 is -1.35. The van der Waals surface area contributed by atoms with Crippen molar-refractivity contribution in [2.45, 2.75) is 11.6 Å². The van der Waals surface area contributed by atoms with E-state index in [1.807, 2.05) is 0 Å². The summed E-state index contributed by atoms with van der Waals surface area (Å²) in [6.45, 7) is 0.277. The molecule has 1 heterocycles. The van der Waals surface area contributed by atoms with E-state index in [-0.39, 0.29) is 13.2 Å². The molecular formula is C16H20P2Se. The Bertz CT molecular complexity index is 490. The molecule has 0 unspecified atom stereocenters. The molecule has 2 aromatic rings. The molecule has 0 spiro atoms.